The zero-order chi connectivity index (χ0) is 7.28. The van der Waals surface area contributed by atoms with Crippen molar-refractivity contribution in [3.8, 4) is 0 Å². The van der Waals surface area contributed by atoms with Crippen molar-refractivity contribution in [2.24, 2.45) is 5.73 Å². The van der Waals surface area contributed by atoms with Crippen molar-refractivity contribution in [3.05, 3.63) is 12.8 Å². The molecule has 0 heterocycles. The van der Waals surface area contributed by atoms with Crippen molar-refractivity contribution in [2.75, 3.05) is 6.54 Å². The first-order chi connectivity index (χ1) is 4.16. The molecule has 2 nitrogen and oxygen atoms in total. The van der Waals surface area contributed by atoms with Crippen LogP contribution in [0.15, 0.2) is 12.8 Å². The molecular weight excluding hydrogens is 119 g/mol. The summed E-state index contributed by atoms with van der Waals surface area (Å²) in [7, 11) is 0. The van der Waals surface area contributed by atoms with Gasteiger partial charge in [-0.25, -0.2) is 5.12 Å². The molecule has 0 aromatic rings. The largest absolute Gasteiger partial charge is 0.328 e. The molecule has 0 aromatic heterocycles. The Morgan fingerprint density at radius 2 is 2.44 bits per heavy atom. The molecule has 0 spiro atoms. The third-order valence-corrected chi connectivity index (χ3v) is 0.996. The lowest BCUT2D eigenvalue weighted by Crippen LogP contribution is -2.20. The maximum absolute atomic E-state index is 12.2. The molecule has 3 heteroatoms. The number of rotatable bonds is 4. The van der Waals surface area contributed by atoms with Gasteiger partial charge in [-0.15, -0.1) is 4.48 Å². The number of hydrogen-bond donors (Lipinski definition) is 1. The number of hydrogen-bond acceptors (Lipinski definition) is 2. The number of halogens is 1. The van der Waals surface area contributed by atoms with Gasteiger partial charge in [-0.05, 0) is 13.3 Å². The fraction of sp³-hybridized carbons (Fsp3) is 0.667. The second-order valence-corrected chi connectivity index (χ2v) is 2.07. The van der Waals surface area contributed by atoms with E-state index in [1.54, 1.807) is 0 Å². The molecule has 1 unspecified atom stereocenters. The molecule has 0 fully saturated rings. The molecule has 0 aliphatic carbocycles. The van der Waals surface area contributed by atoms with E-state index in [-0.39, 0.29) is 6.04 Å². The smallest absolute Gasteiger partial charge is 0.0513 e. The number of nitrogens with two attached hydrogens (primary N) is 1. The molecule has 0 rings (SSSR count). The fourth-order valence-corrected chi connectivity index (χ4v) is 0.418. The Balaban J connectivity index is 3.16. The van der Waals surface area contributed by atoms with E-state index in [1.807, 2.05) is 6.92 Å². The van der Waals surface area contributed by atoms with Crippen molar-refractivity contribution in [2.45, 2.75) is 19.4 Å². The third kappa shape index (κ3) is 5.30. The van der Waals surface area contributed by atoms with Crippen LogP contribution in [0.1, 0.15) is 13.3 Å². The highest BCUT2D eigenvalue weighted by atomic mass is 19.2. The molecule has 0 saturated carbocycles. The lowest BCUT2D eigenvalue weighted by Gasteiger charge is -2.08. The van der Waals surface area contributed by atoms with Crippen molar-refractivity contribution < 1.29 is 4.48 Å². The molecule has 0 aliphatic heterocycles. The van der Waals surface area contributed by atoms with Crippen LogP contribution in [-0.2, 0) is 0 Å². The van der Waals surface area contributed by atoms with Crippen molar-refractivity contribution in [3.63, 3.8) is 0 Å². The van der Waals surface area contributed by atoms with Crippen LogP contribution in [0.3, 0.4) is 0 Å². The molecule has 0 aromatic carbocycles. The van der Waals surface area contributed by atoms with Gasteiger partial charge in [-0.2, -0.15) is 0 Å². The van der Waals surface area contributed by atoms with Gasteiger partial charge in [0.2, 0.25) is 0 Å². The van der Waals surface area contributed by atoms with Crippen LogP contribution in [0.2, 0.25) is 0 Å². The Morgan fingerprint density at radius 3 is 2.78 bits per heavy atom. The second-order valence-electron chi connectivity index (χ2n) is 2.07. The van der Waals surface area contributed by atoms with E-state index < -0.39 is 0 Å². The SMILES string of the molecule is C=CN(F)CCC(C)N. The van der Waals surface area contributed by atoms with Crippen LogP contribution >= 0.6 is 0 Å². The summed E-state index contributed by atoms with van der Waals surface area (Å²) < 4.78 is 12.2. The van der Waals surface area contributed by atoms with Gasteiger partial charge in [0.1, 0.15) is 0 Å². The minimum Gasteiger partial charge on any atom is -0.328 e. The van der Waals surface area contributed by atoms with Gasteiger partial charge in [0.25, 0.3) is 0 Å². The van der Waals surface area contributed by atoms with Crippen molar-refractivity contribution in [1.29, 1.82) is 0 Å². The monoisotopic (exact) mass is 132 g/mol. The van der Waals surface area contributed by atoms with Crippen LogP contribution in [-0.4, -0.2) is 17.7 Å². The van der Waals surface area contributed by atoms with E-state index in [0.29, 0.717) is 18.1 Å². The van der Waals surface area contributed by atoms with Gasteiger partial charge in [0.05, 0.1) is 6.54 Å². The van der Waals surface area contributed by atoms with Gasteiger partial charge >= 0.3 is 0 Å². The van der Waals surface area contributed by atoms with E-state index in [2.05, 4.69) is 6.58 Å². The lowest BCUT2D eigenvalue weighted by atomic mass is 10.2. The van der Waals surface area contributed by atoms with Gasteiger partial charge in [0, 0.05) is 12.2 Å². The quantitative estimate of drug-likeness (QED) is 0.579. The van der Waals surface area contributed by atoms with Crippen LogP contribution in [0.25, 0.3) is 0 Å². The van der Waals surface area contributed by atoms with Crippen LogP contribution in [0, 0.1) is 0 Å². The lowest BCUT2D eigenvalue weighted by molar-refractivity contribution is 0.0866. The van der Waals surface area contributed by atoms with Crippen LogP contribution < -0.4 is 5.73 Å². The first-order valence-corrected chi connectivity index (χ1v) is 2.97. The average Bonchev–Trinajstić information content (AvgIpc) is 1.83. The molecule has 1 atom stereocenters. The topological polar surface area (TPSA) is 29.3 Å². The molecular formula is C6H13FN2. The highest BCUT2D eigenvalue weighted by Crippen LogP contribution is 1.93. The van der Waals surface area contributed by atoms with Gasteiger partial charge in [-0.3, -0.25) is 0 Å². The fourth-order valence-electron chi connectivity index (χ4n) is 0.418. The Bertz CT molecular complexity index is 83.1. The van der Waals surface area contributed by atoms with E-state index in [0.717, 1.165) is 6.20 Å². The van der Waals surface area contributed by atoms with Crippen LogP contribution in [0.4, 0.5) is 4.48 Å². The first kappa shape index (κ1) is 8.43. The highest BCUT2D eigenvalue weighted by Gasteiger charge is 1.96. The van der Waals surface area contributed by atoms with Gasteiger partial charge < -0.3 is 5.73 Å². The van der Waals surface area contributed by atoms with E-state index in [1.165, 1.54) is 0 Å². The minimum atomic E-state index is 0.0585. The highest BCUT2D eigenvalue weighted by molar-refractivity contribution is 4.63. The first-order valence-electron chi connectivity index (χ1n) is 2.97. The minimum absolute atomic E-state index is 0.0585. The summed E-state index contributed by atoms with van der Waals surface area (Å²) in [6.45, 7) is 5.43. The Hall–Kier alpha value is -0.570. The maximum atomic E-state index is 12.2. The van der Waals surface area contributed by atoms with E-state index in [9.17, 15) is 4.48 Å². The Labute approximate surface area is 55.1 Å². The zero-order valence-electron chi connectivity index (χ0n) is 5.68. The molecule has 0 saturated heterocycles. The van der Waals surface area contributed by atoms with E-state index in [4.69, 9.17) is 5.73 Å². The molecule has 2 N–H and O–H groups in total. The maximum Gasteiger partial charge on any atom is 0.0513 e. The number of nitrogens with zero attached hydrogens (tertiary/aromatic N) is 1. The Kier molecular flexibility index (Phi) is 4.05. The van der Waals surface area contributed by atoms with Gasteiger partial charge in [0.15, 0.2) is 0 Å². The van der Waals surface area contributed by atoms with Gasteiger partial charge in [-0.1, -0.05) is 6.58 Å². The summed E-state index contributed by atoms with van der Waals surface area (Å²) >= 11 is 0. The molecule has 9 heavy (non-hydrogen) atoms. The summed E-state index contributed by atoms with van der Waals surface area (Å²) in [5.74, 6) is 0. The van der Waals surface area contributed by atoms with Crippen LogP contribution in [0.5, 0.6) is 0 Å². The Morgan fingerprint density at radius 1 is 1.89 bits per heavy atom. The second kappa shape index (κ2) is 4.32. The van der Waals surface area contributed by atoms with Crippen molar-refractivity contribution in [1.82, 2.24) is 5.12 Å². The zero-order valence-corrected chi connectivity index (χ0v) is 5.68. The standard InChI is InChI=1S/C6H13FN2/c1-3-9(7)5-4-6(2)8/h3,6H,1,4-5,8H2,2H3. The summed E-state index contributed by atoms with van der Waals surface area (Å²) in [4.78, 5) is 0. The predicted molar refractivity (Wildman–Crippen MR) is 36.3 cm³/mol. The average molecular weight is 132 g/mol. The molecule has 0 radical (unpaired) electrons. The summed E-state index contributed by atoms with van der Waals surface area (Å²) in [6.07, 6.45) is 1.80. The molecule has 0 aliphatic rings. The molecule has 0 amide bonds. The normalized spacial score (nSPS) is 12.8. The summed E-state index contributed by atoms with van der Waals surface area (Å²) in [5, 5.41) is 0.531. The van der Waals surface area contributed by atoms with E-state index >= 15 is 0 Å². The molecule has 0 bridgehead atoms. The predicted octanol–water partition coefficient (Wildman–Crippen LogP) is 1.05. The summed E-state index contributed by atoms with van der Waals surface area (Å²) in [5.41, 5.74) is 5.37. The summed E-state index contributed by atoms with van der Waals surface area (Å²) in [6, 6.07) is 0.0585. The van der Waals surface area contributed by atoms with Crippen molar-refractivity contribution >= 4 is 0 Å². The third-order valence-electron chi connectivity index (χ3n) is 0.996. The molecule has 54 valence electrons.